The fourth-order valence-electron chi connectivity index (χ4n) is 2.53. The number of benzene rings is 1. The van der Waals surface area contributed by atoms with E-state index in [-0.39, 0.29) is 17.7 Å². The van der Waals surface area contributed by atoms with E-state index in [0.717, 1.165) is 11.8 Å². The van der Waals surface area contributed by atoms with E-state index in [0.29, 0.717) is 13.1 Å². The molecule has 0 aliphatic carbocycles. The highest BCUT2D eigenvalue weighted by Crippen LogP contribution is 2.32. The van der Waals surface area contributed by atoms with Gasteiger partial charge in [0, 0.05) is 24.9 Å². The molecule has 0 spiro atoms. The van der Waals surface area contributed by atoms with Crippen LogP contribution in [0.4, 0.5) is 9.18 Å². The Morgan fingerprint density at radius 3 is 2.67 bits per heavy atom. The van der Waals surface area contributed by atoms with E-state index in [2.05, 4.69) is 0 Å². The molecule has 1 saturated heterocycles. The van der Waals surface area contributed by atoms with Crippen LogP contribution in [0.2, 0.25) is 0 Å². The van der Waals surface area contributed by atoms with Crippen LogP contribution in [-0.2, 0) is 9.53 Å². The Morgan fingerprint density at radius 1 is 1.38 bits per heavy atom. The van der Waals surface area contributed by atoms with Gasteiger partial charge in [0.25, 0.3) is 0 Å². The van der Waals surface area contributed by atoms with Crippen molar-refractivity contribution >= 4 is 12.4 Å². The second-order valence-corrected chi connectivity index (χ2v) is 6.35. The van der Waals surface area contributed by atoms with Gasteiger partial charge in [-0.1, -0.05) is 12.1 Å². The van der Waals surface area contributed by atoms with Gasteiger partial charge in [-0.2, -0.15) is 0 Å². The summed E-state index contributed by atoms with van der Waals surface area (Å²) < 4.78 is 18.7. The second-order valence-electron chi connectivity index (χ2n) is 6.35. The molecule has 0 bridgehead atoms. The number of amides is 1. The summed E-state index contributed by atoms with van der Waals surface area (Å²) in [5, 5.41) is 0. The molecule has 1 heterocycles. The van der Waals surface area contributed by atoms with Crippen LogP contribution in [0.15, 0.2) is 24.3 Å². The van der Waals surface area contributed by atoms with E-state index in [1.165, 1.54) is 17.0 Å². The minimum atomic E-state index is -0.579. The van der Waals surface area contributed by atoms with Gasteiger partial charge in [-0.25, -0.2) is 9.18 Å². The molecule has 0 radical (unpaired) electrons. The molecule has 1 amide bonds. The van der Waals surface area contributed by atoms with Gasteiger partial charge in [-0.15, -0.1) is 0 Å². The fourth-order valence-corrected chi connectivity index (χ4v) is 2.53. The quantitative estimate of drug-likeness (QED) is 0.788. The van der Waals surface area contributed by atoms with E-state index in [4.69, 9.17) is 4.74 Å². The number of hydrogen-bond acceptors (Lipinski definition) is 3. The average Bonchev–Trinajstić information content (AvgIpc) is 2.81. The third-order valence-electron chi connectivity index (χ3n) is 3.47. The Balaban J connectivity index is 2.14. The van der Waals surface area contributed by atoms with Crippen molar-refractivity contribution in [2.24, 2.45) is 5.92 Å². The minimum Gasteiger partial charge on any atom is -0.444 e. The van der Waals surface area contributed by atoms with Crippen molar-refractivity contribution < 1.29 is 18.7 Å². The molecule has 114 valence electrons. The summed E-state index contributed by atoms with van der Waals surface area (Å²) in [4.78, 5) is 24.9. The number of ether oxygens (including phenoxy) is 1. The Morgan fingerprint density at radius 2 is 2.10 bits per heavy atom. The number of rotatable bonds is 2. The van der Waals surface area contributed by atoms with Gasteiger partial charge in [-0.3, -0.25) is 0 Å². The number of halogens is 1. The van der Waals surface area contributed by atoms with Crippen molar-refractivity contribution in [3.8, 4) is 0 Å². The van der Waals surface area contributed by atoms with Crippen molar-refractivity contribution in [1.29, 1.82) is 0 Å². The van der Waals surface area contributed by atoms with Gasteiger partial charge in [0.2, 0.25) is 0 Å². The maximum atomic E-state index is 13.3. The highest BCUT2D eigenvalue weighted by atomic mass is 19.1. The van der Waals surface area contributed by atoms with Crippen LogP contribution in [0.5, 0.6) is 0 Å². The van der Waals surface area contributed by atoms with E-state index >= 15 is 0 Å². The van der Waals surface area contributed by atoms with Gasteiger partial charge in [0.05, 0.1) is 0 Å². The van der Waals surface area contributed by atoms with Crippen LogP contribution in [0, 0.1) is 11.7 Å². The van der Waals surface area contributed by atoms with Crippen molar-refractivity contribution in [2.45, 2.75) is 32.3 Å². The lowest BCUT2D eigenvalue weighted by atomic mass is 9.90. The van der Waals surface area contributed by atoms with Crippen LogP contribution in [0.1, 0.15) is 32.3 Å². The summed E-state index contributed by atoms with van der Waals surface area (Å²) in [6.07, 6.45) is 0.396. The predicted molar refractivity (Wildman–Crippen MR) is 76.5 cm³/mol. The van der Waals surface area contributed by atoms with E-state index in [1.54, 1.807) is 32.9 Å². The molecular formula is C16H20FNO3. The number of carbonyl (C=O) groups excluding carboxylic acids is 2. The molecule has 1 aliphatic heterocycles. The summed E-state index contributed by atoms with van der Waals surface area (Å²) in [5.41, 5.74) is 0.156. The molecule has 1 aromatic carbocycles. The van der Waals surface area contributed by atoms with Crippen molar-refractivity contribution in [3.05, 3.63) is 35.6 Å². The number of nitrogens with zero attached hydrogens (tertiary/aromatic N) is 1. The zero-order valence-electron chi connectivity index (χ0n) is 12.5. The first-order valence-corrected chi connectivity index (χ1v) is 6.99. The zero-order valence-corrected chi connectivity index (χ0v) is 12.5. The Bertz CT molecular complexity index is 539. The first-order chi connectivity index (χ1) is 9.80. The maximum Gasteiger partial charge on any atom is 0.410 e. The number of likely N-dealkylation sites (tertiary alicyclic amines) is 1. The van der Waals surface area contributed by atoms with Gasteiger partial charge < -0.3 is 14.4 Å². The molecule has 1 fully saturated rings. The second kappa shape index (κ2) is 5.84. The molecule has 0 N–H and O–H groups in total. The van der Waals surface area contributed by atoms with Crippen LogP contribution in [-0.4, -0.2) is 36.0 Å². The summed E-state index contributed by atoms with van der Waals surface area (Å²) in [6, 6.07) is 6.17. The van der Waals surface area contributed by atoms with E-state index in [1.807, 2.05) is 0 Å². The standard InChI is InChI=1S/C16H20FNO3/c1-16(2,3)21-15(20)18-8-12(10-19)14(9-18)11-5-4-6-13(17)7-11/h4-7,10,12,14H,8-9H2,1-3H3. The van der Waals surface area contributed by atoms with Crippen LogP contribution >= 0.6 is 0 Å². The Hall–Kier alpha value is -1.91. The fraction of sp³-hybridized carbons (Fsp3) is 0.500. The molecule has 5 heteroatoms. The monoisotopic (exact) mass is 293 g/mol. The predicted octanol–water partition coefficient (Wildman–Crippen LogP) is 2.98. The molecule has 2 unspecified atom stereocenters. The molecular weight excluding hydrogens is 273 g/mol. The Labute approximate surface area is 123 Å². The van der Waals surface area contributed by atoms with E-state index < -0.39 is 11.7 Å². The highest BCUT2D eigenvalue weighted by molar-refractivity contribution is 5.70. The molecule has 4 nitrogen and oxygen atoms in total. The summed E-state index contributed by atoms with van der Waals surface area (Å²) in [5.74, 6) is -0.863. The first kappa shape index (κ1) is 15.5. The molecule has 1 aromatic rings. The molecule has 0 saturated carbocycles. The van der Waals surface area contributed by atoms with Gasteiger partial charge in [0.1, 0.15) is 17.7 Å². The molecule has 1 aliphatic rings. The number of hydrogen-bond donors (Lipinski definition) is 0. The lowest BCUT2D eigenvalue weighted by Crippen LogP contribution is -2.35. The van der Waals surface area contributed by atoms with E-state index in [9.17, 15) is 14.0 Å². The van der Waals surface area contributed by atoms with Gasteiger partial charge in [0.15, 0.2) is 0 Å². The van der Waals surface area contributed by atoms with Crippen molar-refractivity contribution in [1.82, 2.24) is 4.90 Å². The molecule has 21 heavy (non-hydrogen) atoms. The van der Waals surface area contributed by atoms with Crippen LogP contribution in [0.25, 0.3) is 0 Å². The average molecular weight is 293 g/mol. The van der Waals surface area contributed by atoms with Gasteiger partial charge in [-0.05, 0) is 38.5 Å². The summed E-state index contributed by atoms with van der Waals surface area (Å²) in [6.45, 7) is 6.05. The SMILES string of the molecule is CC(C)(C)OC(=O)N1CC(C=O)C(c2cccc(F)c2)C1. The maximum absolute atomic E-state index is 13.3. The highest BCUT2D eigenvalue weighted by Gasteiger charge is 2.37. The summed E-state index contributed by atoms with van der Waals surface area (Å²) in [7, 11) is 0. The number of carbonyl (C=O) groups is 2. The van der Waals surface area contributed by atoms with Crippen LogP contribution in [0.3, 0.4) is 0 Å². The van der Waals surface area contributed by atoms with Crippen LogP contribution < -0.4 is 0 Å². The lowest BCUT2D eigenvalue weighted by molar-refractivity contribution is -0.111. The van der Waals surface area contributed by atoms with Crippen molar-refractivity contribution in [3.63, 3.8) is 0 Å². The molecule has 2 atom stereocenters. The topological polar surface area (TPSA) is 46.6 Å². The molecule has 0 aromatic heterocycles. The number of aldehydes is 1. The smallest absolute Gasteiger partial charge is 0.410 e. The Kier molecular flexibility index (Phi) is 4.30. The molecule has 2 rings (SSSR count). The van der Waals surface area contributed by atoms with Gasteiger partial charge >= 0.3 is 6.09 Å². The summed E-state index contributed by atoms with van der Waals surface area (Å²) >= 11 is 0. The van der Waals surface area contributed by atoms with Crippen molar-refractivity contribution in [2.75, 3.05) is 13.1 Å². The lowest BCUT2D eigenvalue weighted by Gasteiger charge is -2.24. The minimum absolute atomic E-state index is 0.189. The normalized spacial score (nSPS) is 22.2. The first-order valence-electron chi connectivity index (χ1n) is 6.99. The third-order valence-corrected chi connectivity index (χ3v) is 3.47. The zero-order chi connectivity index (χ0) is 15.6. The largest absolute Gasteiger partial charge is 0.444 e. The third kappa shape index (κ3) is 3.80.